The first-order valence-electron chi connectivity index (χ1n) is 6.56. The maximum Gasteiger partial charge on any atom is 0.339 e. The number of hydrogen-bond donors (Lipinski definition) is 2. The molecule has 1 saturated heterocycles. The van der Waals surface area contributed by atoms with E-state index in [-0.39, 0.29) is 17.4 Å². The van der Waals surface area contributed by atoms with Gasteiger partial charge in [-0.15, -0.1) is 0 Å². The van der Waals surface area contributed by atoms with Gasteiger partial charge in [-0.1, -0.05) is 0 Å². The zero-order valence-electron chi connectivity index (χ0n) is 11.6. The fraction of sp³-hybridized carbons (Fsp3) is 0.538. The zero-order valence-corrected chi connectivity index (χ0v) is 11.6. The van der Waals surface area contributed by atoms with E-state index in [4.69, 9.17) is 5.11 Å². The predicted molar refractivity (Wildman–Crippen MR) is 72.7 cm³/mol. The molecule has 7 nitrogen and oxygen atoms in total. The number of rotatable bonds is 3. The molecule has 7 heteroatoms. The van der Waals surface area contributed by atoms with Crippen molar-refractivity contribution >= 4 is 17.8 Å². The molecule has 1 fully saturated rings. The van der Waals surface area contributed by atoms with Crippen LogP contribution in [-0.2, 0) is 4.79 Å². The van der Waals surface area contributed by atoms with Crippen molar-refractivity contribution in [3.63, 3.8) is 0 Å². The van der Waals surface area contributed by atoms with E-state index in [0.29, 0.717) is 24.7 Å². The number of carbonyl (C=O) groups is 2. The Balaban J connectivity index is 2.06. The number of carbonyl (C=O) groups excluding carboxylic acids is 1. The quantitative estimate of drug-likeness (QED) is 0.833. The second-order valence-electron chi connectivity index (χ2n) is 4.85. The molecule has 1 aromatic heterocycles. The second kappa shape index (κ2) is 5.85. The highest BCUT2D eigenvalue weighted by atomic mass is 16.4. The summed E-state index contributed by atoms with van der Waals surface area (Å²) in [4.78, 5) is 32.8. The maximum atomic E-state index is 11.6. The van der Waals surface area contributed by atoms with Crippen LogP contribution >= 0.6 is 0 Å². The van der Waals surface area contributed by atoms with Crippen molar-refractivity contribution in [2.45, 2.75) is 19.8 Å². The summed E-state index contributed by atoms with van der Waals surface area (Å²) in [6.07, 6.45) is 2.84. The van der Waals surface area contributed by atoms with Crippen LogP contribution in [0.4, 0.5) is 5.95 Å². The van der Waals surface area contributed by atoms with Crippen LogP contribution in [0.2, 0.25) is 0 Å². The van der Waals surface area contributed by atoms with Gasteiger partial charge in [0.1, 0.15) is 0 Å². The lowest BCUT2D eigenvalue weighted by Crippen LogP contribution is -2.40. The van der Waals surface area contributed by atoms with E-state index >= 15 is 0 Å². The molecule has 0 radical (unpaired) electrons. The van der Waals surface area contributed by atoms with Crippen molar-refractivity contribution in [1.82, 2.24) is 15.3 Å². The minimum atomic E-state index is -1.02. The Hall–Kier alpha value is -2.18. The normalized spacial score (nSPS) is 16.0. The number of anilines is 1. The van der Waals surface area contributed by atoms with E-state index in [1.54, 1.807) is 14.0 Å². The van der Waals surface area contributed by atoms with Crippen LogP contribution < -0.4 is 10.2 Å². The topological polar surface area (TPSA) is 95.4 Å². The van der Waals surface area contributed by atoms with Gasteiger partial charge >= 0.3 is 5.97 Å². The molecule has 0 aromatic carbocycles. The number of amides is 1. The third kappa shape index (κ3) is 2.87. The van der Waals surface area contributed by atoms with Gasteiger partial charge in [-0.25, -0.2) is 14.8 Å². The van der Waals surface area contributed by atoms with E-state index in [1.165, 1.54) is 6.20 Å². The van der Waals surface area contributed by atoms with Crippen molar-refractivity contribution in [2.24, 2.45) is 5.92 Å². The molecule has 1 aromatic rings. The number of nitrogens with zero attached hydrogens (tertiary/aromatic N) is 3. The monoisotopic (exact) mass is 278 g/mol. The van der Waals surface area contributed by atoms with Crippen LogP contribution in [0.1, 0.15) is 28.9 Å². The Morgan fingerprint density at radius 3 is 2.55 bits per heavy atom. The first kappa shape index (κ1) is 14.2. The third-order valence-electron chi connectivity index (χ3n) is 3.59. The Morgan fingerprint density at radius 2 is 2.05 bits per heavy atom. The number of nitrogens with one attached hydrogen (secondary N) is 1. The maximum absolute atomic E-state index is 11.6. The van der Waals surface area contributed by atoms with Crippen molar-refractivity contribution in [3.05, 3.63) is 17.5 Å². The summed E-state index contributed by atoms with van der Waals surface area (Å²) in [6, 6.07) is 0. The molecule has 0 saturated carbocycles. The van der Waals surface area contributed by atoms with Gasteiger partial charge in [-0.3, -0.25) is 4.79 Å². The molecule has 108 valence electrons. The standard InChI is InChI=1S/C13H18N4O3/c1-8-10(12(19)20)7-15-13(16-8)17-5-3-9(4-6-17)11(18)14-2/h7,9H,3-6H2,1-2H3,(H,14,18)(H,19,20). The summed E-state index contributed by atoms with van der Waals surface area (Å²) >= 11 is 0. The first-order chi connectivity index (χ1) is 9.52. The number of carboxylic acid groups (broad SMARTS) is 1. The molecule has 1 aliphatic heterocycles. The van der Waals surface area contributed by atoms with E-state index in [0.717, 1.165) is 12.8 Å². The second-order valence-corrected chi connectivity index (χ2v) is 4.85. The van der Waals surface area contributed by atoms with E-state index in [2.05, 4.69) is 15.3 Å². The van der Waals surface area contributed by atoms with Gasteiger partial charge in [0.05, 0.1) is 11.3 Å². The summed E-state index contributed by atoms with van der Waals surface area (Å²) in [5.41, 5.74) is 0.574. The summed E-state index contributed by atoms with van der Waals surface area (Å²) < 4.78 is 0. The molecule has 2 N–H and O–H groups in total. The highest BCUT2D eigenvalue weighted by molar-refractivity contribution is 5.88. The molecule has 2 rings (SSSR count). The van der Waals surface area contributed by atoms with E-state index < -0.39 is 5.97 Å². The van der Waals surface area contributed by atoms with Crippen molar-refractivity contribution in [2.75, 3.05) is 25.0 Å². The van der Waals surface area contributed by atoms with Gasteiger partial charge in [0.25, 0.3) is 0 Å². The van der Waals surface area contributed by atoms with Crippen molar-refractivity contribution in [1.29, 1.82) is 0 Å². The van der Waals surface area contributed by atoms with E-state index in [9.17, 15) is 9.59 Å². The molecule has 0 atom stereocenters. The predicted octanol–water partition coefficient (Wildman–Crippen LogP) is 0.446. The Labute approximate surface area is 117 Å². The van der Waals surface area contributed by atoms with Crippen LogP contribution in [0.3, 0.4) is 0 Å². The molecule has 0 spiro atoms. The largest absolute Gasteiger partial charge is 0.478 e. The summed E-state index contributed by atoms with van der Waals surface area (Å²) in [6.45, 7) is 3.06. The van der Waals surface area contributed by atoms with Gasteiger partial charge in [0.2, 0.25) is 11.9 Å². The third-order valence-corrected chi connectivity index (χ3v) is 3.59. The molecule has 0 bridgehead atoms. The smallest absolute Gasteiger partial charge is 0.339 e. The molecular weight excluding hydrogens is 260 g/mol. The first-order valence-corrected chi connectivity index (χ1v) is 6.56. The van der Waals surface area contributed by atoms with Crippen LogP contribution in [0.5, 0.6) is 0 Å². The Bertz CT molecular complexity index is 524. The minimum Gasteiger partial charge on any atom is -0.478 e. The number of aromatic carboxylic acids is 1. The lowest BCUT2D eigenvalue weighted by Gasteiger charge is -2.31. The van der Waals surface area contributed by atoms with Crippen LogP contribution in [0.25, 0.3) is 0 Å². The molecular formula is C13H18N4O3. The van der Waals surface area contributed by atoms with Crippen molar-refractivity contribution in [3.8, 4) is 0 Å². The Morgan fingerprint density at radius 1 is 1.40 bits per heavy atom. The Kier molecular flexibility index (Phi) is 4.16. The fourth-order valence-electron chi connectivity index (χ4n) is 2.36. The highest BCUT2D eigenvalue weighted by Gasteiger charge is 2.25. The average Bonchev–Trinajstić information content (AvgIpc) is 2.46. The number of aryl methyl sites for hydroxylation is 1. The SMILES string of the molecule is CNC(=O)C1CCN(c2ncc(C(=O)O)c(C)n2)CC1. The summed E-state index contributed by atoms with van der Waals surface area (Å²) in [7, 11) is 1.64. The van der Waals surface area contributed by atoms with E-state index in [1.807, 2.05) is 4.90 Å². The number of piperidine rings is 1. The number of hydrogen-bond acceptors (Lipinski definition) is 5. The minimum absolute atomic E-state index is 0.0376. The lowest BCUT2D eigenvalue weighted by atomic mass is 9.96. The average molecular weight is 278 g/mol. The molecule has 2 heterocycles. The van der Waals surface area contributed by atoms with Gasteiger partial charge < -0.3 is 15.3 Å². The van der Waals surface area contributed by atoms with Crippen molar-refractivity contribution < 1.29 is 14.7 Å². The van der Waals surface area contributed by atoms with Crippen LogP contribution in [0.15, 0.2) is 6.20 Å². The molecule has 1 aliphatic rings. The van der Waals surface area contributed by atoms with Crippen LogP contribution in [-0.4, -0.2) is 47.1 Å². The molecule has 1 amide bonds. The van der Waals surface area contributed by atoms with Gasteiger partial charge in [-0.2, -0.15) is 0 Å². The number of carboxylic acids is 1. The summed E-state index contributed by atoms with van der Waals surface area (Å²) in [5.74, 6) is -0.381. The highest BCUT2D eigenvalue weighted by Crippen LogP contribution is 2.21. The fourth-order valence-corrected chi connectivity index (χ4v) is 2.36. The summed E-state index contributed by atoms with van der Waals surface area (Å²) in [5, 5.41) is 11.6. The molecule has 0 unspecified atom stereocenters. The van der Waals surface area contributed by atoms with Gasteiger partial charge in [0, 0.05) is 32.3 Å². The van der Waals surface area contributed by atoms with Crippen LogP contribution in [0, 0.1) is 12.8 Å². The number of aromatic nitrogens is 2. The zero-order chi connectivity index (χ0) is 14.7. The molecule has 0 aliphatic carbocycles. The van der Waals surface area contributed by atoms with Gasteiger partial charge in [0.15, 0.2) is 0 Å². The van der Waals surface area contributed by atoms with Gasteiger partial charge in [-0.05, 0) is 19.8 Å². The molecule has 20 heavy (non-hydrogen) atoms. The lowest BCUT2D eigenvalue weighted by molar-refractivity contribution is -0.125.